The largest absolute Gasteiger partial charge is 0.346 e. The molecule has 4 nitrogen and oxygen atoms in total. The molecule has 0 aliphatic carbocycles. The molecule has 0 aliphatic heterocycles. The number of nitrogens with two attached hydrogens (primary N) is 1. The van der Waals surface area contributed by atoms with Gasteiger partial charge in [0.2, 0.25) is 0 Å². The molecule has 4 heteroatoms. The third kappa shape index (κ3) is 2.63. The van der Waals surface area contributed by atoms with Gasteiger partial charge in [-0.15, -0.1) is 0 Å². The van der Waals surface area contributed by atoms with Crippen molar-refractivity contribution in [3.63, 3.8) is 0 Å². The van der Waals surface area contributed by atoms with Gasteiger partial charge in [0.05, 0.1) is 6.54 Å². The van der Waals surface area contributed by atoms with Gasteiger partial charge in [-0.05, 0) is 30.7 Å². The van der Waals surface area contributed by atoms with Gasteiger partial charge < -0.3 is 10.3 Å². The van der Waals surface area contributed by atoms with E-state index >= 15 is 0 Å². The average molecular weight is 202 g/mol. The minimum atomic E-state index is 0.686. The highest BCUT2D eigenvalue weighted by molar-refractivity contribution is 5.11. The van der Waals surface area contributed by atoms with Gasteiger partial charge in [0, 0.05) is 24.8 Å². The minimum Gasteiger partial charge on any atom is -0.346 e. The molecule has 2 N–H and O–H groups in total. The third-order valence-corrected chi connectivity index (χ3v) is 2.19. The van der Waals surface area contributed by atoms with Gasteiger partial charge in [0.15, 0.2) is 0 Å². The first-order chi connectivity index (χ1) is 7.38. The van der Waals surface area contributed by atoms with Gasteiger partial charge in [-0.3, -0.25) is 0 Å². The molecule has 15 heavy (non-hydrogen) atoms. The molecule has 2 aromatic heterocycles. The van der Waals surface area contributed by atoms with Crippen LogP contribution in [0.3, 0.4) is 0 Å². The van der Waals surface area contributed by atoms with Gasteiger partial charge in [-0.2, -0.15) is 0 Å². The Labute approximate surface area is 88.8 Å². The summed E-state index contributed by atoms with van der Waals surface area (Å²) in [5, 5.41) is 0. The lowest BCUT2D eigenvalue weighted by Crippen LogP contribution is -2.03. The van der Waals surface area contributed by atoms with Crippen LogP contribution in [0.1, 0.15) is 11.4 Å². The molecule has 0 saturated heterocycles. The Kier molecular flexibility index (Phi) is 3.09. The fourth-order valence-electron chi connectivity index (χ4n) is 1.48. The predicted molar refractivity (Wildman–Crippen MR) is 58.3 cm³/mol. The van der Waals surface area contributed by atoms with E-state index in [0.29, 0.717) is 13.1 Å². The SMILES string of the molecule is NCCc1ccn(Cc2ncccn2)c1. The van der Waals surface area contributed by atoms with E-state index in [1.807, 2.05) is 12.3 Å². The molecule has 0 saturated carbocycles. The second-order valence-corrected chi connectivity index (χ2v) is 3.40. The van der Waals surface area contributed by atoms with Crippen molar-refractivity contribution in [3.05, 3.63) is 48.3 Å². The Morgan fingerprint density at radius 2 is 2.07 bits per heavy atom. The van der Waals surface area contributed by atoms with Crippen molar-refractivity contribution in [2.45, 2.75) is 13.0 Å². The van der Waals surface area contributed by atoms with Crippen molar-refractivity contribution in [2.75, 3.05) is 6.54 Å². The summed E-state index contributed by atoms with van der Waals surface area (Å²) in [7, 11) is 0. The summed E-state index contributed by atoms with van der Waals surface area (Å²) in [6.07, 6.45) is 8.55. The maximum atomic E-state index is 5.49. The van der Waals surface area contributed by atoms with E-state index in [-0.39, 0.29) is 0 Å². The zero-order valence-electron chi connectivity index (χ0n) is 8.50. The molecule has 2 rings (SSSR count). The Morgan fingerprint density at radius 3 is 2.80 bits per heavy atom. The van der Waals surface area contributed by atoms with Crippen molar-refractivity contribution in [3.8, 4) is 0 Å². The van der Waals surface area contributed by atoms with E-state index in [9.17, 15) is 0 Å². The minimum absolute atomic E-state index is 0.686. The van der Waals surface area contributed by atoms with E-state index in [1.165, 1.54) is 5.56 Å². The summed E-state index contributed by atoms with van der Waals surface area (Å²) in [5.74, 6) is 0.826. The number of nitrogens with zero attached hydrogens (tertiary/aromatic N) is 3. The van der Waals surface area contributed by atoms with Gasteiger partial charge >= 0.3 is 0 Å². The smallest absolute Gasteiger partial charge is 0.147 e. The van der Waals surface area contributed by atoms with E-state index in [2.05, 4.69) is 26.8 Å². The molecule has 0 bridgehead atoms. The number of rotatable bonds is 4. The molecular formula is C11H14N4. The Morgan fingerprint density at radius 1 is 1.27 bits per heavy atom. The molecule has 2 aromatic rings. The Bertz CT molecular complexity index is 408. The second kappa shape index (κ2) is 4.70. The standard InChI is InChI=1S/C11H14N4/c12-4-2-10-3-7-15(8-10)9-11-13-5-1-6-14-11/h1,3,5-8H,2,4,9,12H2. The molecule has 0 aromatic carbocycles. The highest BCUT2D eigenvalue weighted by atomic mass is 15.0. The quantitative estimate of drug-likeness (QED) is 0.798. The van der Waals surface area contributed by atoms with E-state index in [0.717, 1.165) is 12.2 Å². The van der Waals surface area contributed by atoms with Gasteiger partial charge in [0.25, 0.3) is 0 Å². The lowest BCUT2D eigenvalue weighted by molar-refractivity contribution is 0.745. The van der Waals surface area contributed by atoms with Crippen LogP contribution in [0.15, 0.2) is 36.9 Å². The van der Waals surface area contributed by atoms with E-state index in [1.54, 1.807) is 12.4 Å². The Balaban J connectivity index is 2.05. The summed E-state index contributed by atoms with van der Waals surface area (Å²) < 4.78 is 2.07. The third-order valence-electron chi connectivity index (χ3n) is 2.19. The molecule has 0 fully saturated rings. The first-order valence-electron chi connectivity index (χ1n) is 4.99. The normalized spacial score (nSPS) is 10.5. The average Bonchev–Trinajstić information content (AvgIpc) is 2.68. The molecule has 0 unspecified atom stereocenters. The monoisotopic (exact) mass is 202 g/mol. The molecule has 0 amide bonds. The van der Waals surface area contributed by atoms with Crippen LogP contribution in [0.25, 0.3) is 0 Å². The first kappa shape index (κ1) is 9.86. The van der Waals surface area contributed by atoms with Crippen molar-refractivity contribution >= 4 is 0 Å². The molecule has 0 atom stereocenters. The van der Waals surface area contributed by atoms with Gasteiger partial charge in [0.1, 0.15) is 5.82 Å². The van der Waals surface area contributed by atoms with Crippen LogP contribution < -0.4 is 5.73 Å². The molecule has 2 heterocycles. The first-order valence-corrected chi connectivity index (χ1v) is 4.99. The Hall–Kier alpha value is -1.68. The maximum absolute atomic E-state index is 5.49. The number of aromatic nitrogens is 3. The highest BCUT2D eigenvalue weighted by Gasteiger charge is 1.98. The van der Waals surface area contributed by atoms with Crippen LogP contribution in [0.4, 0.5) is 0 Å². The maximum Gasteiger partial charge on any atom is 0.147 e. The van der Waals surface area contributed by atoms with Gasteiger partial charge in [-0.1, -0.05) is 0 Å². The predicted octanol–water partition coefficient (Wildman–Crippen LogP) is 0.828. The molecular weight excluding hydrogens is 188 g/mol. The molecule has 78 valence electrons. The fraction of sp³-hybridized carbons (Fsp3) is 0.273. The zero-order chi connectivity index (χ0) is 10.5. The van der Waals surface area contributed by atoms with E-state index < -0.39 is 0 Å². The van der Waals surface area contributed by atoms with Crippen LogP contribution >= 0.6 is 0 Å². The number of hydrogen-bond donors (Lipinski definition) is 1. The summed E-state index contributed by atoms with van der Waals surface area (Å²) >= 11 is 0. The summed E-state index contributed by atoms with van der Waals surface area (Å²) in [4.78, 5) is 8.35. The second-order valence-electron chi connectivity index (χ2n) is 3.40. The van der Waals surface area contributed by atoms with Crippen LogP contribution in [0, 0.1) is 0 Å². The lowest BCUT2D eigenvalue weighted by atomic mass is 10.2. The number of hydrogen-bond acceptors (Lipinski definition) is 3. The van der Waals surface area contributed by atoms with Crippen molar-refractivity contribution in [1.29, 1.82) is 0 Å². The topological polar surface area (TPSA) is 56.7 Å². The van der Waals surface area contributed by atoms with Crippen LogP contribution in [0.2, 0.25) is 0 Å². The van der Waals surface area contributed by atoms with Crippen LogP contribution in [-0.4, -0.2) is 21.1 Å². The lowest BCUT2D eigenvalue weighted by Gasteiger charge is -2.00. The fourth-order valence-corrected chi connectivity index (χ4v) is 1.48. The zero-order valence-corrected chi connectivity index (χ0v) is 8.50. The highest BCUT2D eigenvalue weighted by Crippen LogP contribution is 2.03. The van der Waals surface area contributed by atoms with E-state index in [4.69, 9.17) is 5.73 Å². The van der Waals surface area contributed by atoms with Crippen molar-refractivity contribution in [2.24, 2.45) is 5.73 Å². The molecule has 0 spiro atoms. The van der Waals surface area contributed by atoms with Crippen molar-refractivity contribution < 1.29 is 0 Å². The molecule has 0 radical (unpaired) electrons. The van der Waals surface area contributed by atoms with Crippen LogP contribution in [-0.2, 0) is 13.0 Å². The molecule has 0 aliphatic rings. The van der Waals surface area contributed by atoms with Crippen LogP contribution in [0.5, 0.6) is 0 Å². The summed E-state index contributed by atoms with van der Waals surface area (Å²) in [6, 6.07) is 3.90. The van der Waals surface area contributed by atoms with Gasteiger partial charge in [-0.25, -0.2) is 9.97 Å². The summed E-state index contributed by atoms with van der Waals surface area (Å²) in [6.45, 7) is 1.40. The van der Waals surface area contributed by atoms with Crippen molar-refractivity contribution in [1.82, 2.24) is 14.5 Å². The summed E-state index contributed by atoms with van der Waals surface area (Å²) in [5.41, 5.74) is 6.75.